The van der Waals surface area contributed by atoms with E-state index in [1.807, 2.05) is 0 Å². The molecule has 7 heteroatoms. The molecule has 37 heavy (non-hydrogen) atoms. The molecule has 0 bridgehead atoms. The zero-order valence-electron chi connectivity index (χ0n) is 20.1. The quantitative estimate of drug-likeness (QED) is 0.197. The van der Waals surface area contributed by atoms with E-state index in [1.165, 1.54) is 36.4 Å². The molecule has 0 amide bonds. The maximum absolute atomic E-state index is 14.5. The molecule has 0 aliphatic rings. The van der Waals surface area contributed by atoms with Crippen LogP contribution in [0.25, 0.3) is 0 Å². The highest BCUT2D eigenvalue weighted by Gasteiger charge is 2.14. The van der Waals surface area contributed by atoms with Crippen molar-refractivity contribution in [3.8, 4) is 5.75 Å². The van der Waals surface area contributed by atoms with E-state index < -0.39 is 17.8 Å². The number of allylic oxidation sites excluding steroid dienone is 2. The van der Waals surface area contributed by atoms with Gasteiger partial charge in [-0.1, -0.05) is 43.5 Å². The highest BCUT2D eigenvalue weighted by Crippen LogP contribution is 2.20. The maximum atomic E-state index is 14.5. The molecule has 6 nitrogen and oxygen atoms in total. The molecule has 3 aromatic rings. The van der Waals surface area contributed by atoms with Gasteiger partial charge in [-0.25, -0.2) is 14.0 Å². The number of hydrogen-bond donors (Lipinski definition) is 0. The van der Waals surface area contributed by atoms with E-state index in [9.17, 15) is 23.6 Å². The van der Waals surface area contributed by atoms with E-state index in [4.69, 9.17) is 9.47 Å². The van der Waals surface area contributed by atoms with Crippen LogP contribution in [-0.4, -0.2) is 30.1 Å². The van der Waals surface area contributed by atoms with Crippen molar-refractivity contribution in [3.05, 3.63) is 126 Å². The van der Waals surface area contributed by atoms with Crippen LogP contribution in [0.3, 0.4) is 0 Å². The summed E-state index contributed by atoms with van der Waals surface area (Å²) < 4.78 is 24.9. The van der Waals surface area contributed by atoms with Gasteiger partial charge in [-0.15, -0.1) is 0 Å². The lowest BCUT2D eigenvalue weighted by Crippen LogP contribution is -2.11. The summed E-state index contributed by atoms with van der Waals surface area (Å²) in [6.45, 7) is 6.87. The molecule has 0 saturated heterocycles. The normalized spacial score (nSPS) is 10.3. The van der Waals surface area contributed by atoms with Crippen molar-refractivity contribution >= 4 is 23.5 Å². The third kappa shape index (κ3) is 7.93. The number of benzene rings is 3. The Morgan fingerprint density at radius 1 is 0.703 bits per heavy atom. The molecule has 3 aromatic carbocycles. The second-order valence-electron chi connectivity index (χ2n) is 8.13. The highest BCUT2D eigenvalue weighted by atomic mass is 19.1. The van der Waals surface area contributed by atoms with Crippen LogP contribution in [0.1, 0.15) is 37.4 Å². The largest absolute Gasteiger partial charge is 0.462 e. The minimum Gasteiger partial charge on any atom is -0.462 e. The first kappa shape index (κ1) is 26.9. The number of rotatable bonds is 12. The number of ketones is 2. The third-order valence-corrected chi connectivity index (χ3v) is 5.41. The van der Waals surface area contributed by atoms with Gasteiger partial charge in [0.2, 0.25) is 0 Å². The number of halogens is 1. The maximum Gasteiger partial charge on any atom is 0.343 e. The summed E-state index contributed by atoms with van der Waals surface area (Å²) in [5, 5.41) is 0. The Morgan fingerprint density at radius 2 is 1.19 bits per heavy atom. The lowest BCUT2D eigenvalue weighted by atomic mass is 10.1. The Morgan fingerprint density at radius 3 is 1.68 bits per heavy atom. The second kappa shape index (κ2) is 12.9. The van der Waals surface area contributed by atoms with E-state index in [2.05, 4.69) is 13.2 Å². The standard InChI is InChI=1S/C30H25FO6/c1-3-25(32)17-20-5-10-23(11-6-20)29(34)36-16-15-22-9-14-28(27(31)19-22)37-30(35)24-12-7-21(8-13-24)18-26(33)4-2/h3-14,19H,1-2,15-18H2. The minimum absolute atomic E-state index is 0.0226. The van der Waals surface area contributed by atoms with Gasteiger partial charge in [0.15, 0.2) is 23.1 Å². The zero-order valence-corrected chi connectivity index (χ0v) is 20.1. The molecule has 0 fully saturated rings. The second-order valence-corrected chi connectivity index (χ2v) is 8.13. The van der Waals surface area contributed by atoms with Crippen LogP contribution in [0.5, 0.6) is 5.75 Å². The van der Waals surface area contributed by atoms with Crippen molar-refractivity contribution in [3.63, 3.8) is 0 Å². The summed E-state index contributed by atoms with van der Waals surface area (Å²) in [6, 6.07) is 16.9. The average Bonchev–Trinajstić information content (AvgIpc) is 2.90. The van der Waals surface area contributed by atoms with Gasteiger partial charge in [0.05, 0.1) is 17.7 Å². The highest BCUT2D eigenvalue weighted by molar-refractivity contribution is 5.93. The molecular formula is C30H25FO6. The Labute approximate surface area is 214 Å². The summed E-state index contributed by atoms with van der Waals surface area (Å²) in [7, 11) is 0. The zero-order chi connectivity index (χ0) is 26.8. The molecule has 0 aromatic heterocycles. The van der Waals surface area contributed by atoms with Crippen LogP contribution in [0, 0.1) is 5.82 Å². The molecule has 0 atom stereocenters. The molecule has 0 saturated carbocycles. The monoisotopic (exact) mass is 500 g/mol. The van der Waals surface area contributed by atoms with Gasteiger partial charge < -0.3 is 9.47 Å². The lowest BCUT2D eigenvalue weighted by molar-refractivity contribution is -0.114. The average molecular weight is 501 g/mol. The number of hydrogen-bond acceptors (Lipinski definition) is 6. The van der Waals surface area contributed by atoms with Gasteiger partial charge in [-0.3, -0.25) is 9.59 Å². The molecule has 3 rings (SSSR count). The Kier molecular flexibility index (Phi) is 9.38. The molecular weight excluding hydrogens is 475 g/mol. The van der Waals surface area contributed by atoms with E-state index in [0.717, 1.165) is 11.1 Å². The fourth-order valence-electron chi connectivity index (χ4n) is 3.35. The van der Waals surface area contributed by atoms with Gasteiger partial charge in [0.1, 0.15) is 0 Å². The summed E-state index contributed by atoms with van der Waals surface area (Å²) >= 11 is 0. The molecule has 0 heterocycles. The number of carbonyl (C=O) groups is 4. The van der Waals surface area contributed by atoms with Crippen molar-refractivity contribution < 1.29 is 33.0 Å². The predicted molar refractivity (Wildman–Crippen MR) is 136 cm³/mol. The van der Waals surface area contributed by atoms with Gasteiger partial charge in [0.25, 0.3) is 0 Å². The van der Waals surface area contributed by atoms with Crippen LogP contribution < -0.4 is 4.74 Å². The first-order chi connectivity index (χ1) is 17.8. The van der Waals surface area contributed by atoms with Crippen LogP contribution >= 0.6 is 0 Å². The number of carbonyl (C=O) groups excluding carboxylic acids is 4. The predicted octanol–water partition coefficient (Wildman–Crippen LogP) is 5.04. The summed E-state index contributed by atoms with van der Waals surface area (Å²) in [4.78, 5) is 47.4. The molecule has 0 aliphatic heterocycles. The van der Waals surface area contributed by atoms with Crippen LogP contribution in [0.15, 0.2) is 92.0 Å². The number of ether oxygens (including phenoxy) is 2. The van der Waals surface area contributed by atoms with E-state index in [1.54, 1.807) is 42.5 Å². The van der Waals surface area contributed by atoms with Crippen molar-refractivity contribution in [1.82, 2.24) is 0 Å². The van der Waals surface area contributed by atoms with Crippen molar-refractivity contribution in [2.75, 3.05) is 6.61 Å². The van der Waals surface area contributed by atoms with Gasteiger partial charge >= 0.3 is 11.9 Å². The van der Waals surface area contributed by atoms with Gasteiger partial charge in [-0.2, -0.15) is 0 Å². The van der Waals surface area contributed by atoms with Crippen molar-refractivity contribution in [2.24, 2.45) is 0 Å². The van der Waals surface area contributed by atoms with Crippen molar-refractivity contribution in [2.45, 2.75) is 19.3 Å². The molecule has 0 spiro atoms. The minimum atomic E-state index is -0.734. The Bertz CT molecular complexity index is 1320. The van der Waals surface area contributed by atoms with Crippen LogP contribution in [0.4, 0.5) is 4.39 Å². The summed E-state index contributed by atoms with van der Waals surface area (Å²) in [5.41, 5.74) is 2.58. The van der Waals surface area contributed by atoms with E-state index in [0.29, 0.717) is 11.1 Å². The Hall–Kier alpha value is -4.65. The van der Waals surface area contributed by atoms with E-state index >= 15 is 0 Å². The topological polar surface area (TPSA) is 86.7 Å². The van der Waals surface area contributed by atoms with Gasteiger partial charge in [-0.05, 0) is 65.2 Å². The number of esters is 2. The van der Waals surface area contributed by atoms with Gasteiger partial charge in [0, 0.05) is 19.3 Å². The molecule has 188 valence electrons. The SMILES string of the molecule is C=CC(=O)Cc1ccc(C(=O)OCCc2ccc(OC(=O)c3ccc(CC(=O)C=C)cc3)c(F)c2)cc1. The Balaban J connectivity index is 1.50. The summed E-state index contributed by atoms with van der Waals surface area (Å²) in [6.07, 6.45) is 3.12. The molecule has 0 N–H and O–H groups in total. The molecule has 0 radical (unpaired) electrons. The molecule has 0 unspecified atom stereocenters. The third-order valence-electron chi connectivity index (χ3n) is 5.41. The first-order valence-electron chi connectivity index (χ1n) is 11.4. The van der Waals surface area contributed by atoms with Crippen LogP contribution in [0.2, 0.25) is 0 Å². The fourth-order valence-corrected chi connectivity index (χ4v) is 3.35. The van der Waals surface area contributed by atoms with E-state index in [-0.39, 0.29) is 48.7 Å². The lowest BCUT2D eigenvalue weighted by Gasteiger charge is -2.09. The molecule has 0 aliphatic carbocycles. The van der Waals surface area contributed by atoms with Crippen molar-refractivity contribution in [1.29, 1.82) is 0 Å². The smallest absolute Gasteiger partial charge is 0.343 e. The first-order valence-corrected chi connectivity index (χ1v) is 11.4. The summed E-state index contributed by atoms with van der Waals surface area (Å²) in [5.74, 6) is -2.48. The fraction of sp³-hybridized carbons (Fsp3) is 0.133. The van der Waals surface area contributed by atoms with Crippen LogP contribution in [-0.2, 0) is 33.6 Å².